The minimum Gasteiger partial charge on any atom is -0.329 e. The summed E-state index contributed by atoms with van der Waals surface area (Å²) in [5.74, 6) is 2.90. The molecule has 2 aliphatic rings. The van der Waals surface area contributed by atoms with E-state index in [4.69, 9.17) is 5.73 Å². The van der Waals surface area contributed by atoms with E-state index in [1.807, 2.05) is 0 Å². The van der Waals surface area contributed by atoms with E-state index in [1.165, 1.54) is 41.3 Å². The van der Waals surface area contributed by atoms with E-state index in [0.29, 0.717) is 12.6 Å². The second kappa shape index (κ2) is 6.17. The lowest BCUT2D eigenvalue weighted by molar-refractivity contribution is 0.357. The van der Waals surface area contributed by atoms with Crippen molar-refractivity contribution >= 4 is 15.9 Å². The van der Waals surface area contributed by atoms with Gasteiger partial charge < -0.3 is 11.1 Å². The second-order valence-electron chi connectivity index (χ2n) is 6.54. The molecule has 3 N–H and O–H groups in total. The third-order valence-corrected chi connectivity index (χ3v) is 5.76. The largest absolute Gasteiger partial charge is 0.329 e. The topological polar surface area (TPSA) is 38.0 Å². The van der Waals surface area contributed by atoms with Crippen molar-refractivity contribution in [1.82, 2.24) is 5.32 Å². The molecule has 1 aromatic rings. The van der Waals surface area contributed by atoms with Gasteiger partial charge in [-0.1, -0.05) is 28.1 Å². The summed E-state index contributed by atoms with van der Waals surface area (Å²) in [6.45, 7) is 3.95. The zero-order valence-electron chi connectivity index (χ0n) is 12.2. The number of hydrogen-bond acceptors (Lipinski definition) is 2. The minimum atomic E-state index is 0.293. The van der Waals surface area contributed by atoms with Gasteiger partial charge in [-0.15, -0.1) is 0 Å². The molecule has 3 rings (SSSR count). The predicted molar refractivity (Wildman–Crippen MR) is 87.6 cm³/mol. The molecule has 2 fully saturated rings. The Balaban J connectivity index is 1.62. The van der Waals surface area contributed by atoms with Crippen LogP contribution in [0.3, 0.4) is 0 Å². The number of rotatable bonds is 7. The van der Waals surface area contributed by atoms with Crippen LogP contribution in [0.15, 0.2) is 22.7 Å². The summed E-state index contributed by atoms with van der Waals surface area (Å²) < 4.78 is 1.17. The third kappa shape index (κ3) is 3.44. The molecule has 2 nitrogen and oxygen atoms in total. The van der Waals surface area contributed by atoms with Gasteiger partial charge in [-0.25, -0.2) is 0 Å². The number of benzene rings is 1. The molecule has 3 heteroatoms. The first kappa shape index (κ1) is 14.6. The number of nitrogens with two attached hydrogens (primary N) is 1. The summed E-state index contributed by atoms with van der Waals surface area (Å²) in [7, 11) is 0. The Labute approximate surface area is 130 Å². The SMILES string of the molecule is Cc1cc(C(CN)NCC(C2CC2)C2CC2)ccc1Br. The molecule has 20 heavy (non-hydrogen) atoms. The summed E-state index contributed by atoms with van der Waals surface area (Å²) in [6, 6.07) is 6.86. The van der Waals surface area contributed by atoms with Gasteiger partial charge in [-0.2, -0.15) is 0 Å². The molecule has 0 radical (unpaired) electrons. The highest BCUT2D eigenvalue weighted by Crippen LogP contribution is 2.49. The Bertz CT molecular complexity index is 454. The van der Waals surface area contributed by atoms with E-state index in [0.717, 1.165) is 24.3 Å². The van der Waals surface area contributed by atoms with Gasteiger partial charge in [0, 0.05) is 17.1 Å². The van der Waals surface area contributed by atoms with Crippen molar-refractivity contribution in [3.63, 3.8) is 0 Å². The lowest BCUT2D eigenvalue weighted by atomic mass is 9.96. The number of hydrogen-bond donors (Lipinski definition) is 2. The average Bonchev–Trinajstić information content (AvgIpc) is 3.31. The molecular weight excluding hydrogens is 312 g/mol. The van der Waals surface area contributed by atoms with Gasteiger partial charge in [0.2, 0.25) is 0 Å². The maximum atomic E-state index is 5.99. The molecule has 110 valence electrons. The van der Waals surface area contributed by atoms with Crippen LogP contribution in [0.4, 0.5) is 0 Å². The molecule has 2 aliphatic carbocycles. The summed E-state index contributed by atoms with van der Waals surface area (Å²) in [4.78, 5) is 0. The smallest absolute Gasteiger partial charge is 0.0444 e. The highest BCUT2D eigenvalue weighted by molar-refractivity contribution is 9.10. The molecule has 1 unspecified atom stereocenters. The van der Waals surface area contributed by atoms with Gasteiger partial charge in [0.15, 0.2) is 0 Å². The Hall–Kier alpha value is -0.380. The maximum Gasteiger partial charge on any atom is 0.0444 e. The molecule has 0 aliphatic heterocycles. The maximum absolute atomic E-state index is 5.99. The lowest BCUT2D eigenvalue weighted by Gasteiger charge is -2.23. The Morgan fingerprint density at radius 3 is 2.40 bits per heavy atom. The zero-order valence-corrected chi connectivity index (χ0v) is 13.8. The first-order valence-corrected chi connectivity index (χ1v) is 8.68. The van der Waals surface area contributed by atoms with Crippen LogP contribution in [0.25, 0.3) is 0 Å². The van der Waals surface area contributed by atoms with Crippen LogP contribution in [0.2, 0.25) is 0 Å². The summed E-state index contributed by atoms with van der Waals surface area (Å²) in [5, 5.41) is 3.73. The van der Waals surface area contributed by atoms with E-state index in [2.05, 4.69) is 46.4 Å². The highest BCUT2D eigenvalue weighted by atomic mass is 79.9. The van der Waals surface area contributed by atoms with Crippen molar-refractivity contribution in [3.8, 4) is 0 Å². The molecule has 1 atom stereocenters. The normalized spacial score (nSPS) is 20.4. The van der Waals surface area contributed by atoms with Crippen LogP contribution in [0, 0.1) is 24.7 Å². The fraction of sp³-hybridized carbons (Fsp3) is 0.647. The summed E-state index contributed by atoms with van der Waals surface area (Å²) >= 11 is 3.57. The molecule has 0 bridgehead atoms. The first-order valence-electron chi connectivity index (χ1n) is 7.88. The van der Waals surface area contributed by atoms with Crippen molar-refractivity contribution in [1.29, 1.82) is 0 Å². The molecule has 0 amide bonds. The minimum absolute atomic E-state index is 0.293. The fourth-order valence-electron chi connectivity index (χ4n) is 3.27. The Morgan fingerprint density at radius 2 is 1.90 bits per heavy atom. The molecular formula is C17H25BrN2. The van der Waals surface area contributed by atoms with E-state index in [9.17, 15) is 0 Å². The van der Waals surface area contributed by atoms with Crippen LogP contribution >= 0.6 is 15.9 Å². The number of nitrogens with one attached hydrogen (secondary N) is 1. The zero-order chi connectivity index (χ0) is 14.1. The van der Waals surface area contributed by atoms with Crippen molar-refractivity contribution in [2.45, 2.75) is 38.6 Å². The van der Waals surface area contributed by atoms with Crippen LogP contribution in [-0.2, 0) is 0 Å². The lowest BCUT2D eigenvalue weighted by Crippen LogP contribution is -2.33. The Morgan fingerprint density at radius 1 is 1.25 bits per heavy atom. The van der Waals surface area contributed by atoms with Gasteiger partial charge in [0.1, 0.15) is 0 Å². The quantitative estimate of drug-likeness (QED) is 0.795. The van der Waals surface area contributed by atoms with Crippen molar-refractivity contribution in [2.24, 2.45) is 23.5 Å². The van der Waals surface area contributed by atoms with Crippen molar-refractivity contribution < 1.29 is 0 Å². The van der Waals surface area contributed by atoms with Gasteiger partial charge in [0.25, 0.3) is 0 Å². The average molecular weight is 337 g/mol. The van der Waals surface area contributed by atoms with Crippen LogP contribution in [0.1, 0.15) is 42.9 Å². The molecule has 0 saturated heterocycles. The van der Waals surface area contributed by atoms with E-state index in [1.54, 1.807) is 0 Å². The predicted octanol–water partition coefficient (Wildman–Crippen LogP) is 3.78. The van der Waals surface area contributed by atoms with Crippen molar-refractivity contribution in [3.05, 3.63) is 33.8 Å². The Kier molecular flexibility index (Phi) is 4.49. The van der Waals surface area contributed by atoms with E-state index < -0.39 is 0 Å². The summed E-state index contributed by atoms with van der Waals surface area (Å²) in [6.07, 6.45) is 5.81. The van der Waals surface area contributed by atoms with Crippen LogP contribution < -0.4 is 11.1 Å². The van der Waals surface area contributed by atoms with Gasteiger partial charge in [-0.05, 0) is 74.1 Å². The van der Waals surface area contributed by atoms with Gasteiger partial charge >= 0.3 is 0 Å². The van der Waals surface area contributed by atoms with Crippen molar-refractivity contribution in [2.75, 3.05) is 13.1 Å². The monoisotopic (exact) mass is 336 g/mol. The standard InChI is InChI=1S/C17H25BrN2/c1-11-8-14(6-7-16(11)18)17(9-19)20-10-15(12-2-3-12)13-4-5-13/h6-8,12-13,15,17,20H,2-5,9-10,19H2,1H3. The van der Waals surface area contributed by atoms with E-state index in [-0.39, 0.29) is 0 Å². The molecule has 0 spiro atoms. The number of halogens is 1. The van der Waals surface area contributed by atoms with Crippen LogP contribution in [0.5, 0.6) is 0 Å². The summed E-state index contributed by atoms with van der Waals surface area (Å²) in [5.41, 5.74) is 8.59. The highest BCUT2D eigenvalue weighted by Gasteiger charge is 2.41. The third-order valence-electron chi connectivity index (χ3n) is 4.88. The molecule has 2 saturated carbocycles. The van der Waals surface area contributed by atoms with Gasteiger partial charge in [-0.3, -0.25) is 0 Å². The van der Waals surface area contributed by atoms with E-state index >= 15 is 0 Å². The van der Waals surface area contributed by atoms with Gasteiger partial charge in [0.05, 0.1) is 0 Å². The molecule has 1 aromatic carbocycles. The molecule has 0 aromatic heterocycles. The first-order chi connectivity index (χ1) is 9.69. The molecule has 0 heterocycles. The van der Waals surface area contributed by atoms with Crippen LogP contribution in [-0.4, -0.2) is 13.1 Å². The second-order valence-corrected chi connectivity index (χ2v) is 7.40. The number of aryl methyl sites for hydroxylation is 1. The fourth-order valence-corrected chi connectivity index (χ4v) is 3.51.